The standard InChI is InChI=1S/C16H20FNOS/c1-11(10-15(19)16-8-5-9-20-16)18-12(2)13-6-3-4-7-14(13)17/h3-9,11-12,15,18-19H,10H2,1-2H3. The fraction of sp³-hybridized carbons (Fsp3) is 0.375. The van der Waals surface area contributed by atoms with Crippen molar-refractivity contribution in [3.8, 4) is 0 Å². The van der Waals surface area contributed by atoms with Crippen LogP contribution in [-0.4, -0.2) is 11.1 Å². The van der Waals surface area contributed by atoms with Crippen LogP contribution in [0.15, 0.2) is 41.8 Å². The lowest BCUT2D eigenvalue weighted by Crippen LogP contribution is -2.30. The van der Waals surface area contributed by atoms with Gasteiger partial charge in [-0.15, -0.1) is 11.3 Å². The zero-order valence-corrected chi connectivity index (χ0v) is 12.5. The topological polar surface area (TPSA) is 32.3 Å². The second-order valence-corrected chi connectivity index (χ2v) is 6.06. The Morgan fingerprint density at radius 2 is 1.95 bits per heavy atom. The van der Waals surface area contributed by atoms with Crippen molar-refractivity contribution < 1.29 is 9.50 Å². The van der Waals surface area contributed by atoms with E-state index in [0.29, 0.717) is 12.0 Å². The molecule has 0 spiro atoms. The Labute approximate surface area is 123 Å². The van der Waals surface area contributed by atoms with Crippen LogP contribution in [0.1, 0.15) is 42.9 Å². The molecule has 0 aliphatic rings. The molecule has 0 bridgehead atoms. The third-order valence-corrected chi connectivity index (χ3v) is 4.33. The fourth-order valence-electron chi connectivity index (χ4n) is 2.34. The number of thiophene rings is 1. The molecule has 2 rings (SSSR count). The maximum absolute atomic E-state index is 13.7. The molecule has 0 saturated heterocycles. The van der Waals surface area contributed by atoms with Crippen LogP contribution < -0.4 is 5.32 Å². The van der Waals surface area contributed by atoms with Gasteiger partial charge in [0.05, 0.1) is 6.10 Å². The van der Waals surface area contributed by atoms with E-state index < -0.39 is 6.10 Å². The van der Waals surface area contributed by atoms with Gasteiger partial charge in [0.15, 0.2) is 0 Å². The summed E-state index contributed by atoms with van der Waals surface area (Å²) in [6, 6.07) is 10.7. The summed E-state index contributed by atoms with van der Waals surface area (Å²) in [4.78, 5) is 0.970. The Morgan fingerprint density at radius 1 is 1.20 bits per heavy atom. The van der Waals surface area contributed by atoms with Gasteiger partial charge in [0, 0.05) is 22.5 Å². The number of nitrogens with one attached hydrogen (secondary N) is 1. The lowest BCUT2D eigenvalue weighted by molar-refractivity contribution is 0.155. The number of aliphatic hydroxyl groups is 1. The van der Waals surface area contributed by atoms with Crippen molar-refractivity contribution >= 4 is 11.3 Å². The van der Waals surface area contributed by atoms with Crippen molar-refractivity contribution in [2.75, 3.05) is 0 Å². The van der Waals surface area contributed by atoms with Crippen LogP contribution in [0, 0.1) is 5.82 Å². The van der Waals surface area contributed by atoms with Crippen LogP contribution in [0.5, 0.6) is 0 Å². The predicted octanol–water partition coefficient (Wildman–Crippen LogP) is 4.05. The van der Waals surface area contributed by atoms with Gasteiger partial charge >= 0.3 is 0 Å². The average Bonchev–Trinajstić information content (AvgIpc) is 2.92. The monoisotopic (exact) mass is 293 g/mol. The largest absolute Gasteiger partial charge is 0.388 e. The van der Waals surface area contributed by atoms with Crippen molar-refractivity contribution in [2.24, 2.45) is 0 Å². The first-order chi connectivity index (χ1) is 9.58. The maximum atomic E-state index is 13.7. The SMILES string of the molecule is CC(CC(O)c1cccs1)NC(C)c1ccccc1F. The van der Waals surface area contributed by atoms with Crippen molar-refractivity contribution in [1.29, 1.82) is 0 Å². The molecule has 3 unspecified atom stereocenters. The highest BCUT2D eigenvalue weighted by molar-refractivity contribution is 7.10. The highest BCUT2D eigenvalue weighted by Crippen LogP contribution is 2.24. The highest BCUT2D eigenvalue weighted by Gasteiger charge is 2.17. The lowest BCUT2D eigenvalue weighted by atomic mass is 10.0. The Morgan fingerprint density at radius 3 is 2.60 bits per heavy atom. The van der Waals surface area contributed by atoms with Gasteiger partial charge in [-0.05, 0) is 37.8 Å². The van der Waals surface area contributed by atoms with Crippen molar-refractivity contribution in [1.82, 2.24) is 5.32 Å². The first-order valence-corrected chi connectivity index (χ1v) is 7.68. The van der Waals surface area contributed by atoms with E-state index in [4.69, 9.17) is 0 Å². The quantitative estimate of drug-likeness (QED) is 0.842. The summed E-state index contributed by atoms with van der Waals surface area (Å²) in [6.45, 7) is 3.95. The molecular weight excluding hydrogens is 273 g/mol. The Hall–Kier alpha value is -1.23. The molecule has 1 aromatic heterocycles. The van der Waals surface area contributed by atoms with E-state index in [1.54, 1.807) is 23.5 Å². The van der Waals surface area contributed by atoms with Gasteiger partial charge in [-0.25, -0.2) is 4.39 Å². The van der Waals surface area contributed by atoms with Crippen LogP contribution in [0.4, 0.5) is 4.39 Å². The molecule has 0 radical (unpaired) electrons. The van der Waals surface area contributed by atoms with E-state index in [0.717, 1.165) is 4.88 Å². The first-order valence-electron chi connectivity index (χ1n) is 6.80. The number of benzene rings is 1. The minimum Gasteiger partial charge on any atom is -0.388 e. The third kappa shape index (κ3) is 3.88. The molecule has 0 aliphatic heterocycles. The molecule has 2 nitrogen and oxygen atoms in total. The molecular formula is C16H20FNOS. The summed E-state index contributed by atoms with van der Waals surface area (Å²) < 4.78 is 13.7. The summed E-state index contributed by atoms with van der Waals surface area (Å²) in [5.74, 6) is -0.196. The molecule has 1 heterocycles. The molecule has 0 fully saturated rings. The van der Waals surface area contributed by atoms with Gasteiger partial charge < -0.3 is 10.4 Å². The van der Waals surface area contributed by atoms with Crippen molar-refractivity contribution in [3.63, 3.8) is 0 Å². The number of hydrogen-bond acceptors (Lipinski definition) is 3. The Kier molecular flexibility index (Phi) is 5.29. The Balaban J connectivity index is 1.91. The minimum absolute atomic E-state index is 0.0817. The van der Waals surface area contributed by atoms with Gasteiger partial charge in [0.25, 0.3) is 0 Å². The van der Waals surface area contributed by atoms with E-state index in [-0.39, 0.29) is 17.9 Å². The van der Waals surface area contributed by atoms with Crippen LogP contribution in [0.3, 0.4) is 0 Å². The second kappa shape index (κ2) is 6.97. The molecule has 3 atom stereocenters. The Bertz CT molecular complexity index is 529. The molecule has 0 saturated carbocycles. The van der Waals surface area contributed by atoms with Gasteiger partial charge in [-0.2, -0.15) is 0 Å². The molecule has 0 aliphatic carbocycles. The van der Waals surface area contributed by atoms with Gasteiger partial charge in [-0.3, -0.25) is 0 Å². The van der Waals surface area contributed by atoms with E-state index in [9.17, 15) is 9.50 Å². The van der Waals surface area contributed by atoms with Crippen LogP contribution >= 0.6 is 11.3 Å². The van der Waals surface area contributed by atoms with E-state index >= 15 is 0 Å². The predicted molar refractivity (Wildman–Crippen MR) is 81.3 cm³/mol. The zero-order valence-electron chi connectivity index (χ0n) is 11.7. The third-order valence-electron chi connectivity index (χ3n) is 3.35. The van der Waals surface area contributed by atoms with E-state index in [1.165, 1.54) is 6.07 Å². The van der Waals surface area contributed by atoms with Crippen LogP contribution in [-0.2, 0) is 0 Å². The number of aliphatic hydroxyl groups excluding tert-OH is 1. The number of halogens is 1. The summed E-state index contributed by atoms with van der Waals surface area (Å²) in [5.41, 5.74) is 0.657. The van der Waals surface area contributed by atoms with Gasteiger partial charge in [0.2, 0.25) is 0 Å². The fourth-order valence-corrected chi connectivity index (χ4v) is 3.07. The van der Waals surface area contributed by atoms with Crippen molar-refractivity contribution in [2.45, 2.75) is 38.5 Å². The smallest absolute Gasteiger partial charge is 0.127 e. The van der Waals surface area contributed by atoms with E-state index in [2.05, 4.69) is 5.32 Å². The lowest BCUT2D eigenvalue weighted by Gasteiger charge is -2.22. The molecule has 2 N–H and O–H groups in total. The minimum atomic E-state index is -0.467. The molecule has 1 aromatic carbocycles. The normalized spacial score (nSPS) is 15.8. The summed E-state index contributed by atoms with van der Waals surface area (Å²) in [7, 11) is 0. The van der Waals surface area contributed by atoms with Gasteiger partial charge in [0.1, 0.15) is 5.82 Å². The summed E-state index contributed by atoms with van der Waals surface area (Å²) >= 11 is 1.55. The number of rotatable bonds is 6. The maximum Gasteiger partial charge on any atom is 0.127 e. The molecule has 108 valence electrons. The first kappa shape index (κ1) is 15.2. The van der Waals surface area contributed by atoms with Crippen LogP contribution in [0.25, 0.3) is 0 Å². The molecule has 4 heteroatoms. The molecule has 2 aromatic rings. The molecule has 20 heavy (non-hydrogen) atoms. The zero-order chi connectivity index (χ0) is 14.5. The van der Waals surface area contributed by atoms with E-state index in [1.807, 2.05) is 37.4 Å². The number of hydrogen-bond donors (Lipinski definition) is 2. The summed E-state index contributed by atoms with van der Waals surface area (Å²) in [5, 5.41) is 15.4. The highest BCUT2D eigenvalue weighted by atomic mass is 32.1. The second-order valence-electron chi connectivity index (χ2n) is 5.08. The van der Waals surface area contributed by atoms with Gasteiger partial charge in [-0.1, -0.05) is 24.3 Å². The average molecular weight is 293 g/mol. The van der Waals surface area contributed by atoms with Crippen molar-refractivity contribution in [3.05, 3.63) is 58.0 Å². The summed E-state index contributed by atoms with van der Waals surface area (Å²) in [6.07, 6.45) is 0.143. The molecule has 0 amide bonds. The van der Waals surface area contributed by atoms with Crippen LogP contribution in [0.2, 0.25) is 0 Å².